The molecule has 0 aliphatic carbocycles. The molecule has 0 heterocycles. The smallest absolute Gasteiger partial charge is 0.305 e. The number of hydrogen-bond donors (Lipinski definition) is 3. The number of carbonyl (C=O) groups excluding carboxylic acids is 2. The first-order chi connectivity index (χ1) is 28.0. The summed E-state index contributed by atoms with van der Waals surface area (Å²) in [4.78, 5) is 24.4. The molecule has 2 atom stereocenters. The molecule has 0 radical (unpaired) electrons. The van der Waals surface area contributed by atoms with Crippen LogP contribution in [-0.2, 0) is 14.3 Å². The summed E-state index contributed by atoms with van der Waals surface area (Å²) >= 11 is 0. The molecule has 0 saturated carbocycles. The van der Waals surface area contributed by atoms with E-state index in [0.717, 1.165) is 77.0 Å². The van der Waals surface area contributed by atoms with Crippen LogP contribution in [0.4, 0.5) is 0 Å². The van der Waals surface area contributed by atoms with Crippen LogP contribution in [0.15, 0.2) is 24.3 Å². The van der Waals surface area contributed by atoms with Crippen molar-refractivity contribution in [3.05, 3.63) is 24.3 Å². The van der Waals surface area contributed by atoms with Gasteiger partial charge in [-0.2, -0.15) is 0 Å². The van der Waals surface area contributed by atoms with E-state index in [1.165, 1.54) is 161 Å². The average Bonchev–Trinajstić information content (AvgIpc) is 3.21. The van der Waals surface area contributed by atoms with Crippen LogP contribution >= 0.6 is 0 Å². The monoisotopic (exact) mass is 804 g/mol. The lowest BCUT2D eigenvalue weighted by Crippen LogP contribution is -2.45. The van der Waals surface area contributed by atoms with Crippen molar-refractivity contribution in [1.82, 2.24) is 5.32 Å². The first-order valence-electron chi connectivity index (χ1n) is 25.1. The van der Waals surface area contributed by atoms with Crippen LogP contribution in [0.1, 0.15) is 264 Å². The summed E-state index contributed by atoms with van der Waals surface area (Å²) < 4.78 is 5.42. The van der Waals surface area contributed by atoms with Crippen LogP contribution in [0.5, 0.6) is 0 Å². The maximum Gasteiger partial charge on any atom is 0.305 e. The van der Waals surface area contributed by atoms with Crippen LogP contribution in [-0.4, -0.2) is 47.4 Å². The lowest BCUT2D eigenvalue weighted by atomic mass is 10.0. The van der Waals surface area contributed by atoms with E-state index in [2.05, 4.69) is 31.3 Å². The summed E-state index contributed by atoms with van der Waals surface area (Å²) in [6, 6.07) is -0.645. The highest BCUT2D eigenvalue weighted by atomic mass is 16.5. The molecule has 336 valence electrons. The predicted octanol–water partition coefficient (Wildman–Crippen LogP) is 14.7. The number of nitrogens with one attached hydrogen (secondary N) is 1. The molecule has 0 aromatic carbocycles. The second-order valence-corrected chi connectivity index (χ2v) is 17.1. The molecule has 0 fully saturated rings. The minimum atomic E-state index is -0.859. The van der Waals surface area contributed by atoms with Crippen molar-refractivity contribution in [2.45, 2.75) is 276 Å². The van der Waals surface area contributed by atoms with Crippen molar-refractivity contribution in [2.75, 3.05) is 13.2 Å². The van der Waals surface area contributed by atoms with Gasteiger partial charge >= 0.3 is 5.97 Å². The third-order valence-corrected chi connectivity index (χ3v) is 11.5. The van der Waals surface area contributed by atoms with Gasteiger partial charge in [-0.25, -0.2) is 0 Å². The van der Waals surface area contributed by atoms with Crippen LogP contribution in [0.3, 0.4) is 0 Å². The van der Waals surface area contributed by atoms with Gasteiger partial charge in [-0.05, 0) is 64.2 Å². The Morgan fingerprint density at radius 2 is 0.825 bits per heavy atom. The molecule has 57 heavy (non-hydrogen) atoms. The number of amides is 1. The second-order valence-electron chi connectivity index (χ2n) is 17.1. The fourth-order valence-corrected chi connectivity index (χ4v) is 7.57. The van der Waals surface area contributed by atoms with E-state index in [4.69, 9.17) is 4.74 Å². The topological polar surface area (TPSA) is 95.9 Å². The van der Waals surface area contributed by atoms with Crippen LogP contribution in [0.25, 0.3) is 0 Å². The van der Waals surface area contributed by atoms with Gasteiger partial charge in [-0.15, -0.1) is 0 Å². The molecule has 1 amide bonds. The predicted molar refractivity (Wildman–Crippen MR) is 246 cm³/mol. The van der Waals surface area contributed by atoms with E-state index in [1.807, 2.05) is 6.08 Å². The number of aliphatic hydroxyl groups excluding tert-OH is 2. The molecule has 6 heteroatoms. The number of rotatable bonds is 46. The zero-order valence-corrected chi connectivity index (χ0v) is 38.1. The fraction of sp³-hybridized carbons (Fsp3) is 0.882. The van der Waals surface area contributed by atoms with Gasteiger partial charge in [0.15, 0.2) is 0 Å². The molecule has 0 aromatic heterocycles. The van der Waals surface area contributed by atoms with Crippen LogP contribution < -0.4 is 5.32 Å². The summed E-state index contributed by atoms with van der Waals surface area (Å²) in [6.07, 6.45) is 54.6. The second kappa shape index (κ2) is 47.0. The molecule has 0 aliphatic rings. The largest absolute Gasteiger partial charge is 0.466 e. The van der Waals surface area contributed by atoms with Crippen LogP contribution in [0.2, 0.25) is 0 Å². The first kappa shape index (κ1) is 55.3. The molecule has 6 nitrogen and oxygen atoms in total. The lowest BCUT2D eigenvalue weighted by molar-refractivity contribution is -0.143. The first-order valence-corrected chi connectivity index (χ1v) is 25.1. The van der Waals surface area contributed by atoms with Crippen molar-refractivity contribution in [3.63, 3.8) is 0 Å². The SMILES string of the molecule is CCCCCCCCCCCCCCCCC/C=C/C(O)C(CO)NC(=O)CCCCCCC/C=C\CCCCCOC(=O)CCCCCCCCCCCCC. The normalized spacial score (nSPS) is 12.8. The number of aliphatic hydroxyl groups is 2. The Kier molecular flexibility index (Phi) is 45.7. The molecule has 0 aliphatic heterocycles. The number of unbranched alkanes of at least 4 members (excludes halogenated alkanes) is 33. The third kappa shape index (κ3) is 43.7. The number of carbonyl (C=O) groups is 2. The molecule has 0 saturated heterocycles. The Balaban J connectivity index is 3.56. The lowest BCUT2D eigenvalue weighted by Gasteiger charge is -2.20. The molecule has 0 rings (SSSR count). The average molecular weight is 804 g/mol. The summed E-state index contributed by atoms with van der Waals surface area (Å²) in [5.41, 5.74) is 0. The third-order valence-electron chi connectivity index (χ3n) is 11.5. The number of hydrogen-bond acceptors (Lipinski definition) is 5. The Morgan fingerprint density at radius 3 is 1.25 bits per heavy atom. The maximum atomic E-state index is 12.4. The van der Waals surface area contributed by atoms with Gasteiger partial charge in [0.05, 0.1) is 25.4 Å². The van der Waals surface area contributed by atoms with Crippen molar-refractivity contribution in [3.8, 4) is 0 Å². The minimum absolute atomic E-state index is 0.0249. The zero-order valence-electron chi connectivity index (χ0n) is 38.1. The van der Waals surface area contributed by atoms with Gasteiger partial charge in [-0.1, -0.05) is 212 Å². The molecular formula is C51H97NO5. The highest BCUT2D eigenvalue weighted by Gasteiger charge is 2.18. The van der Waals surface area contributed by atoms with Gasteiger partial charge in [0.25, 0.3) is 0 Å². The van der Waals surface area contributed by atoms with Crippen molar-refractivity contribution >= 4 is 11.9 Å². The van der Waals surface area contributed by atoms with Gasteiger partial charge in [0, 0.05) is 12.8 Å². The number of esters is 1. The van der Waals surface area contributed by atoms with E-state index >= 15 is 0 Å². The van der Waals surface area contributed by atoms with E-state index in [0.29, 0.717) is 19.4 Å². The summed E-state index contributed by atoms with van der Waals surface area (Å²) in [7, 11) is 0. The highest BCUT2D eigenvalue weighted by molar-refractivity contribution is 5.76. The molecule has 2 unspecified atom stereocenters. The van der Waals surface area contributed by atoms with Crippen LogP contribution in [0, 0.1) is 0 Å². The van der Waals surface area contributed by atoms with E-state index in [-0.39, 0.29) is 18.5 Å². The van der Waals surface area contributed by atoms with Crippen molar-refractivity contribution in [1.29, 1.82) is 0 Å². The molecule has 3 N–H and O–H groups in total. The summed E-state index contributed by atoms with van der Waals surface area (Å²) in [5.74, 6) is -0.118. The maximum absolute atomic E-state index is 12.4. The Morgan fingerprint density at radius 1 is 0.474 bits per heavy atom. The standard InChI is InChI=1S/C51H97NO5/c1-3-5-7-9-11-13-15-16-17-18-19-20-24-27-31-35-39-43-49(54)48(47-53)52-50(55)44-40-36-32-28-25-21-22-26-30-34-38-42-46-57-51(56)45-41-37-33-29-23-14-12-10-8-6-4-2/h22,26,39,43,48-49,53-54H,3-21,23-25,27-38,40-42,44-47H2,1-2H3,(H,52,55)/b26-22-,43-39+. The zero-order chi connectivity index (χ0) is 41.5. The van der Waals surface area contributed by atoms with Gasteiger partial charge in [-0.3, -0.25) is 9.59 Å². The van der Waals surface area contributed by atoms with Gasteiger partial charge in [0.1, 0.15) is 0 Å². The molecule has 0 bridgehead atoms. The molecular weight excluding hydrogens is 707 g/mol. The minimum Gasteiger partial charge on any atom is -0.466 e. The van der Waals surface area contributed by atoms with E-state index < -0.39 is 12.1 Å². The quantitative estimate of drug-likeness (QED) is 0.0324. The van der Waals surface area contributed by atoms with E-state index in [9.17, 15) is 19.8 Å². The van der Waals surface area contributed by atoms with Crippen molar-refractivity contribution < 1.29 is 24.5 Å². The Hall–Kier alpha value is -1.66. The summed E-state index contributed by atoms with van der Waals surface area (Å²) in [6.45, 7) is 4.84. The number of ether oxygens (including phenoxy) is 1. The highest BCUT2D eigenvalue weighted by Crippen LogP contribution is 2.15. The van der Waals surface area contributed by atoms with Crippen molar-refractivity contribution in [2.24, 2.45) is 0 Å². The molecule has 0 spiro atoms. The Labute approximate surface area is 354 Å². The van der Waals surface area contributed by atoms with E-state index in [1.54, 1.807) is 6.08 Å². The summed E-state index contributed by atoms with van der Waals surface area (Å²) in [5, 5.41) is 23.0. The molecule has 0 aromatic rings. The van der Waals surface area contributed by atoms with Gasteiger partial charge < -0.3 is 20.3 Å². The number of allylic oxidation sites excluding steroid dienone is 3. The van der Waals surface area contributed by atoms with Gasteiger partial charge in [0.2, 0.25) is 5.91 Å². The fourth-order valence-electron chi connectivity index (χ4n) is 7.57. The Bertz CT molecular complexity index is 889.